The third-order valence-corrected chi connectivity index (χ3v) is 4.15. The topological polar surface area (TPSA) is 70.7 Å². The van der Waals surface area contributed by atoms with Gasteiger partial charge in [0.1, 0.15) is 11.9 Å². The molecular formula is C18H26FN3O3. The van der Waals surface area contributed by atoms with Crippen LogP contribution in [-0.4, -0.2) is 62.1 Å². The number of rotatable bonds is 8. The van der Waals surface area contributed by atoms with Crippen molar-refractivity contribution in [3.63, 3.8) is 0 Å². The first-order valence-corrected chi connectivity index (χ1v) is 8.75. The van der Waals surface area contributed by atoms with Gasteiger partial charge in [0.2, 0.25) is 5.91 Å². The maximum absolute atomic E-state index is 13.7. The van der Waals surface area contributed by atoms with E-state index in [0.29, 0.717) is 26.2 Å². The van der Waals surface area contributed by atoms with Crippen LogP contribution in [0.4, 0.5) is 4.39 Å². The van der Waals surface area contributed by atoms with E-state index in [9.17, 15) is 14.0 Å². The van der Waals surface area contributed by atoms with Crippen molar-refractivity contribution in [1.82, 2.24) is 15.5 Å². The molecule has 2 N–H and O–H groups in total. The van der Waals surface area contributed by atoms with Gasteiger partial charge in [0, 0.05) is 26.2 Å². The molecule has 138 valence electrons. The second kappa shape index (κ2) is 10.1. The summed E-state index contributed by atoms with van der Waals surface area (Å²) in [5, 5.41) is 5.50. The minimum absolute atomic E-state index is 0.0512. The molecule has 1 aromatic rings. The lowest BCUT2D eigenvalue weighted by Crippen LogP contribution is -2.49. The summed E-state index contributed by atoms with van der Waals surface area (Å²) in [5.74, 6) is -1.40. The van der Waals surface area contributed by atoms with Gasteiger partial charge in [-0.05, 0) is 18.6 Å². The van der Waals surface area contributed by atoms with Crippen LogP contribution in [0, 0.1) is 5.82 Å². The summed E-state index contributed by atoms with van der Waals surface area (Å²) in [6.45, 7) is 6.33. The van der Waals surface area contributed by atoms with E-state index in [1.165, 1.54) is 18.2 Å². The third-order valence-electron chi connectivity index (χ3n) is 4.15. The Balaban J connectivity index is 1.84. The summed E-state index contributed by atoms with van der Waals surface area (Å²) >= 11 is 0. The molecule has 1 atom stereocenters. The van der Waals surface area contributed by atoms with E-state index >= 15 is 0 Å². The van der Waals surface area contributed by atoms with Crippen LogP contribution in [-0.2, 0) is 9.53 Å². The van der Waals surface area contributed by atoms with Crippen LogP contribution in [0.2, 0.25) is 0 Å². The number of hydrogen-bond donors (Lipinski definition) is 2. The Hall–Kier alpha value is -1.99. The highest BCUT2D eigenvalue weighted by atomic mass is 19.1. The number of morpholine rings is 1. The maximum atomic E-state index is 13.7. The van der Waals surface area contributed by atoms with Gasteiger partial charge < -0.3 is 15.4 Å². The van der Waals surface area contributed by atoms with Crippen LogP contribution in [0.3, 0.4) is 0 Å². The molecule has 1 unspecified atom stereocenters. The Bertz CT molecular complexity index is 576. The number of benzene rings is 1. The second-order valence-electron chi connectivity index (χ2n) is 6.04. The zero-order chi connectivity index (χ0) is 18.1. The number of nitrogens with one attached hydrogen (secondary N) is 2. The molecule has 0 bridgehead atoms. The average Bonchev–Trinajstić information content (AvgIpc) is 2.62. The molecule has 1 aromatic carbocycles. The first-order valence-electron chi connectivity index (χ1n) is 8.75. The van der Waals surface area contributed by atoms with Gasteiger partial charge in [-0.3, -0.25) is 14.5 Å². The molecule has 0 spiro atoms. The molecule has 0 aromatic heterocycles. The fraction of sp³-hybridized carbons (Fsp3) is 0.556. The van der Waals surface area contributed by atoms with Crippen LogP contribution < -0.4 is 10.6 Å². The predicted molar refractivity (Wildman–Crippen MR) is 92.8 cm³/mol. The van der Waals surface area contributed by atoms with Gasteiger partial charge in [-0.15, -0.1) is 0 Å². The fourth-order valence-electron chi connectivity index (χ4n) is 2.72. The van der Waals surface area contributed by atoms with Crippen molar-refractivity contribution in [2.45, 2.75) is 25.8 Å². The molecule has 1 fully saturated rings. The summed E-state index contributed by atoms with van der Waals surface area (Å²) in [6, 6.07) is 5.08. The average molecular weight is 351 g/mol. The molecular weight excluding hydrogens is 325 g/mol. The van der Waals surface area contributed by atoms with Crippen molar-refractivity contribution in [3.8, 4) is 0 Å². The van der Waals surface area contributed by atoms with E-state index in [2.05, 4.69) is 15.5 Å². The van der Waals surface area contributed by atoms with Gasteiger partial charge in [0.25, 0.3) is 5.91 Å². The molecule has 2 amide bonds. The molecule has 1 aliphatic rings. The summed E-state index contributed by atoms with van der Waals surface area (Å²) in [7, 11) is 0. The predicted octanol–water partition coefficient (Wildman–Crippen LogP) is 1.17. The lowest BCUT2D eigenvalue weighted by molar-refractivity contribution is -0.123. The van der Waals surface area contributed by atoms with Crippen molar-refractivity contribution in [1.29, 1.82) is 0 Å². The molecule has 2 rings (SSSR count). The van der Waals surface area contributed by atoms with Crippen molar-refractivity contribution >= 4 is 11.8 Å². The van der Waals surface area contributed by atoms with E-state index in [1.54, 1.807) is 6.07 Å². The molecule has 1 aliphatic heterocycles. The number of carbonyl (C=O) groups is 2. The zero-order valence-corrected chi connectivity index (χ0v) is 14.6. The standard InChI is InChI=1S/C18H26FN3O3/c1-2-5-16(21-17(23)14-6-3-4-7-15(14)19)18(24)20-8-9-22-10-12-25-13-11-22/h3-4,6-7,16H,2,5,8-13H2,1H3,(H,20,24)(H,21,23). The van der Waals surface area contributed by atoms with E-state index in [4.69, 9.17) is 4.74 Å². The Kier molecular flexibility index (Phi) is 7.81. The van der Waals surface area contributed by atoms with Crippen LogP contribution in [0.15, 0.2) is 24.3 Å². The van der Waals surface area contributed by atoms with Crippen molar-refractivity contribution in [2.75, 3.05) is 39.4 Å². The Morgan fingerprint density at radius 2 is 2.00 bits per heavy atom. The smallest absolute Gasteiger partial charge is 0.254 e. The minimum atomic E-state index is -0.665. The third kappa shape index (κ3) is 6.10. The summed E-state index contributed by atoms with van der Waals surface area (Å²) < 4.78 is 19.0. The van der Waals surface area contributed by atoms with Gasteiger partial charge in [-0.2, -0.15) is 0 Å². The van der Waals surface area contributed by atoms with Crippen molar-refractivity contribution in [2.24, 2.45) is 0 Å². The monoisotopic (exact) mass is 351 g/mol. The largest absolute Gasteiger partial charge is 0.379 e. The molecule has 0 aliphatic carbocycles. The molecule has 6 nitrogen and oxygen atoms in total. The number of amides is 2. The highest BCUT2D eigenvalue weighted by Crippen LogP contribution is 2.07. The molecule has 7 heteroatoms. The van der Waals surface area contributed by atoms with E-state index in [-0.39, 0.29) is 11.5 Å². The number of nitrogens with zero attached hydrogens (tertiary/aromatic N) is 1. The van der Waals surface area contributed by atoms with E-state index < -0.39 is 17.8 Å². The molecule has 1 heterocycles. The van der Waals surface area contributed by atoms with Crippen LogP contribution >= 0.6 is 0 Å². The van der Waals surface area contributed by atoms with E-state index in [0.717, 1.165) is 26.1 Å². The van der Waals surface area contributed by atoms with Crippen LogP contribution in [0.5, 0.6) is 0 Å². The van der Waals surface area contributed by atoms with Gasteiger partial charge >= 0.3 is 0 Å². The zero-order valence-electron chi connectivity index (χ0n) is 14.6. The number of carbonyl (C=O) groups excluding carboxylic acids is 2. The number of ether oxygens (including phenoxy) is 1. The SMILES string of the molecule is CCCC(NC(=O)c1ccccc1F)C(=O)NCCN1CCOCC1. The molecule has 0 saturated carbocycles. The van der Waals surface area contributed by atoms with Crippen molar-refractivity contribution in [3.05, 3.63) is 35.6 Å². The Morgan fingerprint density at radius 1 is 1.28 bits per heavy atom. The quantitative estimate of drug-likeness (QED) is 0.738. The van der Waals surface area contributed by atoms with Gasteiger partial charge in [-0.1, -0.05) is 25.5 Å². The Morgan fingerprint density at radius 3 is 2.68 bits per heavy atom. The normalized spacial score (nSPS) is 16.2. The highest BCUT2D eigenvalue weighted by Gasteiger charge is 2.22. The Labute approximate surface area is 147 Å². The summed E-state index contributed by atoms with van der Waals surface area (Å²) in [6.07, 6.45) is 1.24. The highest BCUT2D eigenvalue weighted by molar-refractivity contribution is 5.97. The van der Waals surface area contributed by atoms with Crippen LogP contribution in [0.1, 0.15) is 30.1 Å². The molecule has 0 radical (unpaired) electrons. The van der Waals surface area contributed by atoms with Crippen molar-refractivity contribution < 1.29 is 18.7 Å². The maximum Gasteiger partial charge on any atom is 0.254 e. The lowest BCUT2D eigenvalue weighted by Gasteiger charge is -2.27. The van der Waals surface area contributed by atoms with Gasteiger partial charge in [0.05, 0.1) is 18.8 Å². The van der Waals surface area contributed by atoms with Crippen LogP contribution in [0.25, 0.3) is 0 Å². The first kappa shape index (κ1) is 19.3. The van der Waals surface area contributed by atoms with E-state index in [1.807, 2.05) is 6.92 Å². The first-order chi connectivity index (χ1) is 12.1. The lowest BCUT2D eigenvalue weighted by atomic mass is 10.1. The second-order valence-corrected chi connectivity index (χ2v) is 6.04. The van der Waals surface area contributed by atoms with Gasteiger partial charge in [-0.25, -0.2) is 4.39 Å². The minimum Gasteiger partial charge on any atom is -0.379 e. The van der Waals surface area contributed by atoms with Gasteiger partial charge in [0.15, 0.2) is 0 Å². The summed E-state index contributed by atoms with van der Waals surface area (Å²) in [5.41, 5.74) is -0.0512. The molecule has 25 heavy (non-hydrogen) atoms. The number of halogens is 1. The fourth-order valence-corrected chi connectivity index (χ4v) is 2.72. The summed E-state index contributed by atoms with van der Waals surface area (Å²) in [4.78, 5) is 26.8. The molecule has 1 saturated heterocycles. The number of hydrogen-bond acceptors (Lipinski definition) is 4.